The molecule has 134 valence electrons. The van der Waals surface area contributed by atoms with E-state index in [1.165, 1.54) is 6.07 Å². The summed E-state index contributed by atoms with van der Waals surface area (Å²) >= 11 is 0. The summed E-state index contributed by atoms with van der Waals surface area (Å²) in [5.41, 5.74) is 2.15. The minimum Gasteiger partial charge on any atom is -0.456 e. The first-order valence-electron chi connectivity index (χ1n) is 8.59. The smallest absolute Gasteiger partial charge is 0.416 e. The molecule has 1 aromatic heterocycles. The highest BCUT2D eigenvalue weighted by Gasteiger charge is 2.35. The van der Waals surface area contributed by atoms with Gasteiger partial charge in [0.05, 0.1) is 16.5 Å². The standard InChI is InChI=1S/C22H15F3NO/c1-12-16-6-4-3-5-13(16)10-17-19(12)21-20-14(7-8-26(21)2)9-15(22(23,24)25)11-18(20)27-17/h3-11H,1-2H3/q+1. The van der Waals surface area contributed by atoms with Gasteiger partial charge in [-0.1, -0.05) is 24.3 Å². The summed E-state index contributed by atoms with van der Waals surface area (Å²) in [7, 11) is 1.90. The average molecular weight is 366 g/mol. The molecule has 0 unspecified atom stereocenters. The van der Waals surface area contributed by atoms with Crippen molar-refractivity contribution in [1.29, 1.82) is 0 Å². The molecule has 0 fully saturated rings. The fourth-order valence-electron chi connectivity index (χ4n) is 4.00. The van der Waals surface area contributed by atoms with E-state index < -0.39 is 11.7 Å². The molecule has 0 spiro atoms. The number of hydrogen-bond acceptors (Lipinski definition) is 1. The minimum atomic E-state index is -4.42. The maximum atomic E-state index is 13.3. The van der Waals surface area contributed by atoms with Crippen molar-refractivity contribution in [2.75, 3.05) is 0 Å². The lowest BCUT2D eigenvalue weighted by Crippen LogP contribution is -2.32. The summed E-state index contributed by atoms with van der Waals surface area (Å²) in [5, 5.41) is 3.33. The highest BCUT2D eigenvalue weighted by molar-refractivity contribution is 6.05. The van der Waals surface area contributed by atoms with Gasteiger partial charge in [-0.05, 0) is 46.8 Å². The van der Waals surface area contributed by atoms with Gasteiger partial charge < -0.3 is 4.74 Å². The molecule has 27 heavy (non-hydrogen) atoms. The third-order valence-electron chi connectivity index (χ3n) is 5.26. The van der Waals surface area contributed by atoms with Gasteiger partial charge in [0.15, 0.2) is 6.20 Å². The quantitative estimate of drug-likeness (QED) is 0.310. The van der Waals surface area contributed by atoms with Gasteiger partial charge in [0.1, 0.15) is 18.5 Å². The zero-order valence-electron chi connectivity index (χ0n) is 14.7. The molecule has 0 saturated heterocycles. The number of pyridine rings is 1. The zero-order valence-corrected chi connectivity index (χ0v) is 14.7. The lowest BCUT2D eigenvalue weighted by atomic mass is 9.91. The molecule has 0 amide bonds. The summed E-state index contributed by atoms with van der Waals surface area (Å²) in [4.78, 5) is 0. The van der Waals surface area contributed by atoms with Crippen molar-refractivity contribution in [2.24, 2.45) is 7.05 Å². The SMILES string of the molecule is Cc1c2c(cc3ccccc13)Oc1cc(C(F)(F)F)cc3cc[n+](C)c-2c13. The van der Waals surface area contributed by atoms with E-state index in [1.807, 2.05) is 48.9 Å². The molecule has 2 heterocycles. The summed E-state index contributed by atoms with van der Waals surface area (Å²) in [6, 6.07) is 13.8. The van der Waals surface area contributed by atoms with E-state index in [1.54, 1.807) is 12.3 Å². The molecule has 5 heteroatoms. The molecule has 2 nitrogen and oxygen atoms in total. The molecular weight excluding hydrogens is 351 g/mol. The fraction of sp³-hybridized carbons (Fsp3) is 0.136. The molecule has 0 aliphatic carbocycles. The maximum absolute atomic E-state index is 13.3. The highest BCUT2D eigenvalue weighted by Crippen LogP contribution is 2.49. The Morgan fingerprint density at radius 2 is 1.70 bits per heavy atom. The van der Waals surface area contributed by atoms with Gasteiger partial charge in [-0.3, -0.25) is 0 Å². The number of nitrogens with zero attached hydrogens (tertiary/aromatic N) is 1. The van der Waals surface area contributed by atoms with E-state index in [2.05, 4.69) is 0 Å². The number of rotatable bonds is 0. The van der Waals surface area contributed by atoms with Crippen LogP contribution in [0.5, 0.6) is 11.5 Å². The van der Waals surface area contributed by atoms with Crippen LogP contribution in [0.2, 0.25) is 0 Å². The molecule has 0 bridgehead atoms. The summed E-state index contributed by atoms with van der Waals surface area (Å²) in [6.07, 6.45) is -2.63. The van der Waals surface area contributed by atoms with E-state index >= 15 is 0 Å². The van der Waals surface area contributed by atoms with Crippen LogP contribution in [0.4, 0.5) is 13.2 Å². The number of ether oxygens (including phenoxy) is 1. The Labute approximate surface area is 153 Å². The summed E-state index contributed by atoms with van der Waals surface area (Å²) in [5.74, 6) is 0.828. The van der Waals surface area contributed by atoms with Crippen LogP contribution in [-0.4, -0.2) is 0 Å². The Bertz CT molecular complexity index is 1260. The lowest BCUT2D eigenvalue weighted by molar-refractivity contribution is -0.659. The second kappa shape index (κ2) is 5.22. The van der Waals surface area contributed by atoms with E-state index in [0.717, 1.165) is 33.7 Å². The average Bonchev–Trinajstić information content (AvgIpc) is 2.63. The Balaban J connectivity index is 1.94. The van der Waals surface area contributed by atoms with Crippen LogP contribution in [0.25, 0.3) is 32.8 Å². The zero-order chi connectivity index (χ0) is 18.9. The van der Waals surface area contributed by atoms with Crippen molar-refractivity contribution in [1.82, 2.24) is 0 Å². The number of alkyl halides is 3. The Kier molecular flexibility index (Phi) is 3.12. The van der Waals surface area contributed by atoms with Gasteiger partial charge in [0.25, 0.3) is 0 Å². The van der Waals surface area contributed by atoms with Gasteiger partial charge in [-0.15, -0.1) is 0 Å². The Hall–Kier alpha value is -3.08. The summed E-state index contributed by atoms with van der Waals surface area (Å²) in [6.45, 7) is 2.03. The second-order valence-electron chi connectivity index (χ2n) is 6.91. The molecule has 0 N–H and O–H groups in total. The van der Waals surface area contributed by atoms with Crippen molar-refractivity contribution in [3.63, 3.8) is 0 Å². The van der Waals surface area contributed by atoms with E-state index in [9.17, 15) is 13.2 Å². The van der Waals surface area contributed by atoms with Crippen LogP contribution in [0, 0.1) is 6.92 Å². The van der Waals surface area contributed by atoms with Crippen molar-refractivity contribution in [2.45, 2.75) is 13.1 Å². The number of aromatic nitrogens is 1. The minimum absolute atomic E-state index is 0.244. The first-order chi connectivity index (χ1) is 12.8. The third kappa shape index (κ3) is 2.24. The predicted octanol–water partition coefficient (Wildman–Crippen LogP) is 5.92. The van der Waals surface area contributed by atoms with E-state index in [0.29, 0.717) is 16.5 Å². The van der Waals surface area contributed by atoms with Gasteiger partial charge >= 0.3 is 6.18 Å². The van der Waals surface area contributed by atoms with Crippen molar-refractivity contribution in [3.05, 3.63) is 65.9 Å². The molecule has 3 aromatic carbocycles. The highest BCUT2D eigenvalue weighted by atomic mass is 19.4. The molecule has 1 aliphatic heterocycles. The predicted molar refractivity (Wildman–Crippen MR) is 97.9 cm³/mol. The van der Waals surface area contributed by atoms with Crippen molar-refractivity contribution >= 4 is 21.5 Å². The molecule has 4 aromatic rings. The van der Waals surface area contributed by atoms with Gasteiger partial charge in [0.2, 0.25) is 5.69 Å². The number of aryl methyl sites for hydroxylation is 2. The molecule has 0 radical (unpaired) electrons. The Morgan fingerprint density at radius 1 is 0.926 bits per heavy atom. The largest absolute Gasteiger partial charge is 0.456 e. The number of benzene rings is 3. The van der Waals surface area contributed by atoms with Crippen molar-refractivity contribution in [3.8, 4) is 22.8 Å². The number of fused-ring (bicyclic) bond motifs is 3. The van der Waals surface area contributed by atoms with E-state index in [-0.39, 0.29) is 5.75 Å². The van der Waals surface area contributed by atoms with E-state index in [4.69, 9.17) is 4.74 Å². The first kappa shape index (κ1) is 16.1. The molecule has 5 rings (SSSR count). The van der Waals surface area contributed by atoms with Gasteiger partial charge in [0, 0.05) is 6.07 Å². The maximum Gasteiger partial charge on any atom is 0.416 e. The molecule has 0 saturated carbocycles. The van der Waals surface area contributed by atoms with Crippen LogP contribution in [0.15, 0.2) is 54.7 Å². The second-order valence-corrected chi connectivity index (χ2v) is 6.91. The number of hydrogen-bond donors (Lipinski definition) is 0. The Morgan fingerprint density at radius 3 is 2.48 bits per heavy atom. The molecular formula is C22H15F3NO+. The van der Waals surface area contributed by atoms with Crippen LogP contribution >= 0.6 is 0 Å². The third-order valence-corrected chi connectivity index (χ3v) is 5.26. The normalized spacial score (nSPS) is 12.9. The lowest BCUT2D eigenvalue weighted by Gasteiger charge is -2.22. The molecule has 0 atom stereocenters. The summed E-state index contributed by atoms with van der Waals surface area (Å²) < 4.78 is 48.0. The number of halogens is 3. The topological polar surface area (TPSA) is 13.1 Å². The first-order valence-corrected chi connectivity index (χ1v) is 8.59. The van der Waals surface area contributed by atoms with Gasteiger partial charge in [-0.2, -0.15) is 13.2 Å². The molecule has 1 aliphatic rings. The fourth-order valence-corrected chi connectivity index (χ4v) is 4.00. The van der Waals surface area contributed by atoms with Crippen LogP contribution < -0.4 is 9.30 Å². The van der Waals surface area contributed by atoms with Crippen LogP contribution in [-0.2, 0) is 13.2 Å². The van der Waals surface area contributed by atoms with Crippen molar-refractivity contribution < 1.29 is 22.5 Å². The monoisotopic (exact) mass is 366 g/mol. The van der Waals surface area contributed by atoms with Crippen LogP contribution in [0.1, 0.15) is 11.1 Å². The van der Waals surface area contributed by atoms with Crippen LogP contribution in [0.3, 0.4) is 0 Å². The van der Waals surface area contributed by atoms with Gasteiger partial charge in [-0.25, -0.2) is 4.57 Å².